The summed E-state index contributed by atoms with van der Waals surface area (Å²) in [6, 6.07) is 0.0678. The van der Waals surface area contributed by atoms with E-state index in [1.165, 1.54) is 10.6 Å². The second-order valence-corrected chi connectivity index (χ2v) is 7.83. The molecule has 0 unspecified atom stereocenters. The van der Waals surface area contributed by atoms with Crippen LogP contribution in [0, 0.1) is 5.92 Å². The zero-order chi connectivity index (χ0) is 15.3. The summed E-state index contributed by atoms with van der Waals surface area (Å²) in [6.45, 7) is 3.11. The van der Waals surface area contributed by atoms with E-state index < -0.39 is 10.0 Å². The molecule has 0 saturated carbocycles. The lowest BCUT2D eigenvalue weighted by Crippen LogP contribution is -2.47. The van der Waals surface area contributed by atoms with Gasteiger partial charge < -0.3 is 15.4 Å². The van der Waals surface area contributed by atoms with Crippen molar-refractivity contribution in [3.8, 4) is 0 Å². The quantitative estimate of drug-likeness (QED) is 0.771. The van der Waals surface area contributed by atoms with Gasteiger partial charge in [0.15, 0.2) is 0 Å². The lowest BCUT2D eigenvalue weighted by molar-refractivity contribution is 0.0800. The highest BCUT2D eigenvalue weighted by Gasteiger charge is 2.25. The van der Waals surface area contributed by atoms with E-state index in [0.29, 0.717) is 38.8 Å². The number of sulfonamides is 1. The Bertz CT molecular complexity index is 440. The predicted octanol–water partition coefficient (Wildman–Crippen LogP) is 0.136. The van der Waals surface area contributed by atoms with Crippen molar-refractivity contribution in [3.05, 3.63) is 0 Å². The molecule has 2 rings (SSSR count). The van der Waals surface area contributed by atoms with Gasteiger partial charge in [-0.2, -0.15) is 0 Å². The molecule has 2 aliphatic rings. The summed E-state index contributed by atoms with van der Waals surface area (Å²) in [4.78, 5) is 11.8. The van der Waals surface area contributed by atoms with E-state index in [4.69, 9.17) is 4.74 Å². The number of ether oxygens (including phenoxy) is 1. The molecule has 0 aromatic rings. The highest BCUT2D eigenvalue weighted by atomic mass is 32.2. The summed E-state index contributed by atoms with van der Waals surface area (Å²) in [6.07, 6.45) is 4.56. The fourth-order valence-corrected chi connectivity index (χ4v) is 3.63. The van der Waals surface area contributed by atoms with E-state index in [2.05, 4.69) is 10.6 Å². The Balaban J connectivity index is 1.64. The maximum Gasteiger partial charge on any atom is 0.315 e. The van der Waals surface area contributed by atoms with E-state index >= 15 is 0 Å². The minimum absolute atomic E-state index is 0.132. The van der Waals surface area contributed by atoms with E-state index in [1.807, 2.05) is 0 Å². The highest BCUT2D eigenvalue weighted by molar-refractivity contribution is 7.88. The van der Waals surface area contributed by atoms with Crippen LogP contribution in [-0.4, -0.2) is 63.9 Å². The third-order valence-electron chi connectivity index (χ3n) is 4.15. The predicted molar refractivity (Wildman–Crippen MR) is 79.5 cm³/mol. The van der Waals surface area contributed by atoms with Crippen molar-refractivity contribution in [3.63, 3.8) is 0 Å². The van der Waals surface area contributed by atoms with Gasteiger partial charge in [0.2, 0.25) is 10.0 Å². The molecule has 0 aromatic carbocycles. The number of amides is 2. The third kappa shape index (κ3) is 5.44. The number of carbonyl (C=O) groups is 1. The molecule has 2 N–H and O–H groups in total. The van der Waals surface area contributed by atoms with E-state index in [9.17, 15) is 13.2 Å². The number of piperidine rings is 1. The normalized spacial score (nSPS) is 22.9. The number of rotatable bonds is 4. The number of nitrogens with zero attached hydrogens (tertiary/aromatic N) is 1. The lowest BCUT2D eigenvalue weighted by atomic mass is 9.98. The summed E-state index contributed by atoms with van der Waals surface area (Å²) in [5.41, 5.74) is 0. The molecule has 0 aromatic heterocycles. The number of nitrogens with one attached hydrogen (secondary N) is 2. The van der Waals surface area contributed by atoms with Gasteiger partial charge in [-0.3, -0.25) is 0 Å². The van der Waals surface area contributed by atoms with Crippen molar-refractivity contribution in [2.75, 3.05) is 39.1 Å². The largest absolute Gasteiger partial charge is 0.381 e. The van der Waals surface area contributed by atoms with Crippen molar-refractivity contribution in [1.82, 2.24) is 14.9 Å². The van der Waals surface area contributed by atoms with Crippen LogP contribution in [0.2, 0.25) is 0 Å². The second kappa shape index (κ2) is 7.42. The van der Waals surface area contributed by atoms with Crippen LogP contribution >= 0.6 is 0 Å². The highest BCUT2D eigenvalue weighted by Crippen LogP contribution is 2.18. The van der Waals surface area contributed by atoms with Crippen molar-refractivity contribution < 1.29 is 17.9 Å². The van der Waals surface area contributed by atoms with E-state index in [-0.39, 0.29) is 12.1 Å². The van der Waals surface area contributed by atoms with Crippen LogP contribution in [0.4, 0.5) is 4.79 Å². The Kier molecular flexibility index (Phi) is 5.83. The molecule has 122 valence electrons. The van der Waals surface area contributed by atoms with Gasteiger partial charge in [0.05, 0.1) is 6.26 Å². The zero-order valence-electron chi connectivity index (χ0n) is 12.5. The van der Waals surface area contributed by atoms with Crippen LogP contribution in [0.3, 0.4) is 0 Å². The Morgan fingerprint density at radius 3 is 2.38 bits per heavy atom. The molecule has 2 aliphatic heterocycles. The summed E-state index contributed by atoms with van der Waals surface area (Å²) in [5, 5.41) is 5.85. The first kappa shape index (κ1) is 16.5. The van der Waals surface area contributed by atoms with Gasteiger partial charge in [-0.15, -0.1) is 0 Å². The van der Waals surface area contributed by atoms with Crippen LogP contribution in [-0.2, 0) is 14.8 Å². The van der Waals surface area contributed by atoms with Crippen molar-refractivity contribution in [1.29, 1.82) is 0 Å². The summed E-state index contributed by atoms with van der Waals surface area (Å²) in [7, 11) is -3.08. The van der Waals surface area contributed by atoms with Crippen LogP contribution < -0.4 is 10.6 Å². The average molecular weight is 319 g/mol. The molecule has 0 radical (unpaired) electrons. The Morgan fingerprint density at radius 1 is 1.19 bits per heavy atom. The maximum atomic E-state index is 11.8. The number of urea groups is 1. The Labute approximate surface area is 126 Å². The Morgan fingerprint density at radius 2 is 1.81 bits per heavy atom. The number of hydrogen-bond donors (Lipinski definition) is 2. The van der Waals surface area contributed by atoms with Gasteiger partial charge >= 0.3 is 6.03 Å². The number of carbonyl (C=O) groups excluding carboxylic acids is 1. The summed E-state index contributed by atoms with van der Waals surface area (Å²) < 4.78 is 29.6. The topological polar surface area (TPSA) is 87.7 Å². The van der Waals surface area contributed by atoms with Gasteiger partial charge in [0, 0.05) is 38.9 Å². The molecular weight excluding hydrogens is 294 g/mol. The molecule has 8 heteroatoms. The zero-order valence-corrected chi connectivity index (χ0v) is 13.3. The number of hydrogen-bond acceptors (Lipinski definition) is 4. The van der Waals surface area contributed by atoms with Crippen LogP contribution in [0.5, 0.6) is 0 Å². The molecule has 0 aliphatic carbocycles. The standard InChI is InChI=1S/C13H25N3O4S/c1-21(18,19)16-6-2-11(3-7-16)10-14-13(17)15-12-4-8-20-9-5-12/h11-12H,2-10H2,1H3,(H2,14,15,17). The summed E-state index contributed by atoms with van der Waals surface area (Å²) in [5.74, 6) is 0.350. The van der Waals surface area contributed by atoms with Gasteiger partial charge in [0.1, 0.15) is 0 Å². The molecule has 2 heterocycles. The molecule has 2 saturated heterocycles. The lowest BCUT2D eigenvalue weighted by Gasteiger charge is -2.30. The average Bonchev–Trinajstić information content (AvgIpc) is 2.46. The van der Waals surface area contributed by atoms with Crippen LogP contribution in [0.25, 0.3) is 0 Å². The van der Waals surface area contributed by atoms with Crippen LogP contribution in [0.15, 0.2) is 0 Å². The van der Waals surface area contributed by atoms with Gasteiger partial charge in [-0.1, -0.05) is 0 Å². The molecule has 21 heavy (non-hydrogen) atoms. The first-order valence-electron chi connectivity index (χ1n) is 7.52. The minimum atomic E-state index is -3.08. The third-order valence-corrected chi connectivity index (χ3v) is 5.45. The SMILES string of the molecule is CS(=O)(=O)N1CCC(CNC(=O)NC2CCOCC2)CC1. The first-order valence-corrected chi connectivity index (χ1v) is 9.37. The fraction of sp³-hybridized carbons (Fsp3) is 0.923. The van der Waals surface area contributed by atoms with Crippen molar-refractivity contribution in [2.45, 2.75) is 31.7 Å². The maximum absolute atomic E-state index is 11.8. The molecule has 0 spiro atoms. The molecule has 2 fully saturated rings. The van der Waals surface area contributed by atoms with Crippen molar-refractivity contribution >= 4 is 16.1 Å². The van der Waals surface area contributed by atoms with Crippen LogP contribution in [0.1, 0.15) is 25.7 Å². The Hall–Kier alpha value is -0.860. The van der Waals surface area contributed by atoms with Gasteiger partial charge in [-0.05, 0) is 31.6 Å². The molecule has 0 bridgehead atoms. The monoisotopic (exact) mass is 319 g/mol. The van der Waals surface area contributed by atoms with Crippen molar-refractivity contribution in [2.24, 2.45) is 5.92 Å². The first-order chi connectivity index (χ1) is 9.95. The smallest absolute Gasteiger partial charge is 0.315 e. The van der Waals surface area contributed by atoms with Gasteiger partial charge in [0.25, 0.3) is 0 Å². The molecule has 2 amide bonds. The summed E-state index contributed by atoms with van der Waals surface area (Å²) >= 11 is 0. The molecule has 0 atom stereocenters. The second-order valence-electron chi connectivity index (χ2n) is 5.85. The van der Waals surface area contributed by atoms with E-state index in [0.717, 1.165) is 25.7 Å². The molecule has 7 nitrogen and oxygen atoms in total. The minimum Gasteiger partial charge on any atom is -0.381 e. The van der Waals surface area contributed by atoms with E-state index in [1.54, 1.807) is 0 Å². The fourth-order valence-electron chi connectivity index (χ4n) is 2.76. The van der Waals surface area contributed by atoms with Gasteiger partial charge in [-0.25, -0.2) is 17.5 Å². The molecular formula is C13H25N3O4S.